The summed E-state index contributed by atoms with van der Waals surface area (Å²) in [6, 6.07) is 15.6. The van der Waals surface area contributed by atoms with Crippen LogP contribution in [0.25, 0.3) is 11.1 Å². The molecule has 2 aromatic carbocycles. The smallest absolute Gasteiger partial charge is 0.404 e. The molecular formula is C17H19NO4. The summed E-state index contributed by atoms with van der Waals surface area (Å²) in [4.78, 5) is 10.6. The lowest BCUT2D eigenvalue weighted by molar-refractivity contribution is -0.105. The van der Waals surface area contributed by atoms with Crippen LogP contribution in [0.2, 0.25) is 0 Å². The predicted molar refractivity (Wildman–Crippen MR) is 83.5 cm³/mol. The zero-order chi connectivity index (χ0) is 15.9. The van der Waals surface area contributed by atoms with Crippen LogP contribution in [0.4, 0.5) is 4.79 Å². The van der Waals surface area contributed by atoms with Gasteiger partial charge in [0.05, 0.1) is 0 Å². The minimum absolute atomic E-state index is 0.279. The molecule has 2 N–H and O–H groups in total. The van der Waals surface area contributed by atoms with Crippen molar-refractivity contribution in [3.8, 4) is 11.1 Å². The molecule has 0 heterocycles. The van der Waals surface area contributed by atoms with Gasteiger partial charge in [-0.05, 0) is 28.8 Å². The molecule has 1 amide bonds. The average Bonchev–Trinajstić information content (AvgIpc) is 2.55. The van der Waals surface area contributed by atoms with E-state index in [0.29, 0.717) is 0 Å². The molecule has 0 saturated carbocycles. The number of amides is 1. The highest BCUT2D eigenvalue weighted by molar-refractivity contribution is 5.66. The van der Waals surface area contributed by atoms with E-state index in [1.807, 2.05) is 48.5 Å². The molecule has 5 heteroatoms. The van der Waals surface area contributed by atoms with Crippen molar-refractivity contribution in [2.45, 2.75) is 12.8 Å². The number of hydrogen-bond acceptors (Lipinski definition) is 3. The van der Waals surface area contributed by atoms with Gasteiger partial charge in [-0.2, -0.15) is 0 Å². The molecular weight excluding hydrogens is 282 g/mol. The molecule has 0 unspecified atom stereocenters. The fourth-order valence-electron chi connectivity index (χ4n) is 2.27. The average molecular weight is 301 g/mol. The van der Waals surface area contributed by atoms with Crippen LogP contribution in [-0.4, -0.2) is 25.4 Å². The van der Waals surface area contributed by atoms with E-state index in [2.05, 4.69) is 5.32 Å². The van der Waals surface area contributed by atoms with Crippen molar-refractivity contribution >= 4 is 6.09 Å². The Morgan fingerprint density at radius 1 is 1.09 bits per heavy atom. The standard InChI is InChI=1S/C17H19NO4/c1-21-16(22-2)15-8-4-7-14(10-15)13-6-3-5-12(9-13)11-18-17(19)20/h3-10,16,18H,11H2,1-2H3,(H,19,20). The van der Waals surface area contributed by atoms with Gasteiger partial charge in [0.2, 0.25) is 0 Å². The predicted octanol–water partition coefficient (Wildman–Crippen LogP) is 3.41. The fraction of sp³-hybridized carbons (Fsp3) is 0.235. The van der Waals surface area contributed by atoms with Crippen molar-refractivity contribution in [2.75, 3.05) is 14.2 Å². The maximum atomic E-state index is 10.6. The molecule has 2 rings (SSSR count). The summed E-state index contributed by atoms with van der Waals surface area (Å²) < 4.78 is 10.5. The largest absolute Gasteiger partial charge is 0.465 e. The van der Waals surface area contributed by atoms with Gasteiger partial charge in [-0.25, -0.2) is 4.79 Å². The van der Waals surface area contributed by atoms with Gasteiger partial charge in [0.1, 0.15) is 0 Å². The van der Waals surface area contributed by atoms with Gasteiger partial charge >= 0.3 is 6.09 Å². The van der Waals surface area contributed by atoms with Gasteiger partial charge in [-0.1, -0.05) is 36.4 Å². The first-order valence-corrected chi connectivity index (χ1v) is 6.85. The summed E-state index contributed by atoms with van der Waals surface area (Å²) in [5.41, 5.74) is 3.86. The third-order valence-corrected chi connectivity index (χ3v) is 3.29. The Morgan fingerprint density at radius 2 is 1.73 bits per heavy atom. The Morgan fingerprint density at radius 3 is 2.36 bits per heavy atom. The van der Waals surface area contributed by atoms with E-state index in [1.165, 1.54) is 0 Å². The molecule has 116 valence electrons. The molecule has 0 bridgehead atoms. The Balaban J connectivity index is 2.26. The Bertz CT molecular complexity index is 638. The van der Waals surface area contributed by atoms with Gasteiger partial charge in [-0.3, -0.25) is 0 Å². The molecule has 5 nitrogen and oxygen atoms in total. The van der Waals surface area contributed by atoms with Crippen molar-refractivity contribution in [2.24, 2.45) is 0 Å². The van der Waals surface area contributed by atoms with Crippen LogP contribution in [0, 0.1) is 0 Å². The van der Waals surface area contributed by atoms with E-state index in [1.54, 1.807) is 14.2 Å². The number of carboxylic acid groups (broad SMARTS) is 1. The third-order valence-electron chi connectivity index (χ3n) is 3.29. The number of carbonyl (C=O) groups is 1. The monoisotopic (exact) mass is 301 g/mol. The Kier molecular flexibility index (Phi) is 5.52. The maximum Gasteiger partial charge on any atom is 0.404 e. The molecule has 0 saturated heterocycles. The van der Waals surface area contributed by atoms with Crippen LogP contribution in [0.15, 0.2) is 48.5 Å². The lowest BCUT2D eigenvalue weighted by Gasteiger charge is -2.15. The number of ether oxygens (including phenoxy) is 2. The van der Waals surface area contributed by atoms with Gasteiger partial charge in [0, 0.05) is 26.3 Å². The minimum atomic E-state index is -1.03. The second kappa shape index (κ2) is 7.59. The summed E-state index contributed by atoms with van der Waals surface area (Å²) in [5, 5.41) is 11.0. The maximum absolute atomic E-state index is 10.6. The molecule has 0 fully saturated rings. The van der Waals surface area contributed by atoms with Crippen molar-refractivity contribution in [1.29, 1.82) is 0 Å². The van der Waals surface area contributed by atoms with E-state index in [0.717, 1.165) is 22.3 Å². The molecule has 0 spiro atoms. The van der Waals surface area contributed by atoms with E-state index < -0.39 is 12.4 Å². The second-order valence-corrected chi connectivity index (χ2v) is 4.79. The van der Waals surface area contributed by atoms with Crippen LogP contribution in [0.3, 0.4) is 0 Å². The topological polar surface area (TPSA) is 67.8 Å². The fourth-order valence-corrected chi connectivity index (χ4v) is 2.27. The molecule has 0 atom stereocenters. The molecule has 2 aromatic rings. The SMILES string of the molecule is COC(OC)c1cccc(-c2cccc(CNC(=O)O)c2)c1. The Labute approximate surface area is 129 Å². The molecule has 0 aliphatic heterocycles. The highest BCUT2D eigenvalue weighted by Gasteiger charge is 2.10. The van der Waals surface area contributed by atoms with Crippen LogP contribution in [0.1, 0.15) is 17.4 Å². The van der Waals surface area contributed by atoms with Crippen molar-refractivity contribution in [3.63, 3.8) is 0 Å². The summed E-state index contributed by atoms with van der Waals surface area (Å²) in [5.74, 6) is 0. The van der Waals surface area contributed by atoms with Crippen LogP contribution >= 0.6 is 0 Å². The quantitative estimate of drug-likeness (QED) is 0.802. The van der Waals surface area contributed by atoms with E-state index in [9.17, 15) is 4.79 Å². The van der Waals surface area contributed by atoms with Gasteiger partial charge in [0.15, 0.2) is 6.29 Å². The van der Waals surface area contributed by atoms with E-state index in [4.69, 9.17) is 14.6 Å². The van der Waals surface area contributed by atoms with Crippen LogP contribution in [0.5, 0.6) is 0 Å². The van der Waals surface area contributed by atoms with Gasteiger partial charge in [0.25, 0.3) is 0 Å². The molecule has 0 aliphatic rings. The Hall–Kier alpha value is -2.37. The summed E-state index contributed by atoms with van der Waals surface area (Å²) in [6.07, 6.45) is -1.44. The first-order valence-electron chi connectivity index (χ1n) is 6.85. The number of rotatable bonds is 6. The number of methoxy groups -OCH3 is 2. The van der Waals surface area contributed by atoms with Crippen molar-refractivity contribution < 1.29 is 19.4 Å². The minimum Gasteiger partial charge on any atom is -0.465 e. The summed E-state index contributed by atoms with van der Waals surface area (Å²) in [7, 11) is 3.19. The second-order valence-electron chi connectivity index (χ2n) is 4.79. The zero-order valence-corrected chi connectivity index (χ0v) is 12.6. The van der Waals surface area contributed by atoms with Crippen molar-refractivity contribution in [1.82, 2.24) is 5.32 Å². The molecule has 0 radical (unpaired) electrons. The van der Waals surface area contributed by atoms with Crippen molar-refractivity contribution in [3.05, 3.63) is 59.7 Å². The van der Waals surface area contributed by atoms with E-state index in [-0.39, 0.29) is 6.54 Å². The first kappa shape index (κ1) is 16.0. The lowest BCUT2D eigenvalue weighted by Crippen LogP contribution is -2.19. The number of nitrogens with one attached hydrogen (secondary N) is 1. The summed E-state index contributed by atoms with van der Waals surface area (Å²) in [6.45, 7) is 0.279. The normalized spacial score (nSPS) is 10.7. The van der Waals surface area contributed by atoms with Gasteiger partial charge in [-0.15, -0.1) is 0 Å². The van der Waals surface area contributed by atoms with Crippen LogP contribution in [-0.2, 0) is 16.0 Å². The number of hydrogen-bond donors (Lipinski definition) is 2. The van der Waals surface area contributed by atoms with Gasteiger partial charge < -0.3 is 19.9 Å². The molecule has 0 aliphatic carbocycles. The number of benzene rings is 2. The molecule has 22 heavy (non-hydrogen) atoms. The third kappa shape index (κ3) is 4.07. The first-order chi connectivity index (χ1) is 10.6. The van der Waals surface area contributed by atoms with E-state index >= 15 is 0 Å². The highest BCUT2D eigenvalue weighted by Crippen LogP contribution is 2.25. The van der Waals surface area contributed by atoms with Crippen LogP contribution < -0.4 is 5.32 Å². The molecule has 0 aromatic heterocycles. The lowest BCUT2D eigenvalue weighted by atomic mass is 10.0. The zero-order valence-electron chi connectivity index (χ0n) is 12.6. The summed E-state index contributed by atoms with van der Waals surface area (Å²) >= 11 is 0. The highest BCUT2D eigenvalue weighted by atomic mass is 16.7.